The highest BCUT2D eigenvalue weighted by Crippen LogP contribution is 2.19. The Bertz CT molecular complexity index is 778. The third kappa shape index (κ3) is 3.75. The van der Waals surface area contributed by atoms with Gasteiger partial charge in [0.1, 0.15) is 11.3 Å². The number of ether oxygens (including phenoxy) is 1. The van der Waals surface area contributed by atoms with Gasteiger partial charge in [0.2, 0.25) is 0 Å². The summed E-state index contributed by atoms with van der Waals surface area (Å²) >= 11 is 0. The predicted molar refractivity (Wildman–Crippen MR) is 84.1 cm³/mol. The summed E-state index contributed by atoms with van der Waals surface area (Å²) in [7, 11) is 0. The van der Waals surface area contributed by atoms with E-state index < -0.39 is 0 Å². The topological polar surface area (TPSA) is 57.3 Å². The summed E-state index contributed by atoms with van der Waals surface area (Å²) < 4.78 is 12.8. The van der Waals surface area contributed by atoms with Gasteiger partial charge in [-0.05, 0) is 43.5 Å². The minimum atomic E-state index is -0.344. The van der Waals surface area contributed by atoms with Gasteiger partial charge in [-0.15, -0.1) is 0 Å². The van der Waals surface area contributed by atoms with Gasteiger partial charge in [-0.3, -0.25) is 4.68 Å². The molecule has 0 aliphatic rings. The number of benzene rings is 1. The van der Waals surface area contributed by atoms with Gasteiger partial charge in [-0.25, -0.2) is 4.79 Å². The van der Waals surface area contributed by atoms with Crippen molar-refractivity contribution in [1.29, 1.82) is 0 Å². The summed E-state index contributed by atoms with van der Waals surface area (Å²) in [6.07, 6.45) is 6.92. The Balaban J connectivity index is 1.44. The van der Waals surface area contributed by atoms with Crippen LogP contribution in [-0.2, 0) is 6.54 Å². The van der Waals surface area contributed by atoms with E-state index in [1.807, 2.05) is 29.1 Å². The maximum atomic E-state index is 11.2. The highest BCUT2D eigenvalue weighted by atomic mass is 16.5. The Morgan fingerprint density at radius 3 is 2.91 bits per heavy atom. The molecule has 114 valence electrons. The van der Waals surface area contributed by atoms with Gasteiger partial charge in [0.05, 0.1) is 6.61 Å². The van der Waals surface area contributed by atoms with Gasteiger partial charge < -0.3 is 9.15 Å². The number of fused-ring (bicyclic) bond motifs is 1. The molecule has 0 atom stereocenters. The average molecular weight is 298 g/mol. The third-order valence-electron chi connectivity index (χ3n) is 3.45. The molecule has 0 aliphatic carbocycles. The van der Waals surface area contributed by atoms with Crippen LogP contribution in [0.4, 0.5) is 0 Å². The highest BCUT2D eigenvalue weighted by molar-refractivity contribution is 5.77. The van der Waals surface area contributed by atoms with Gasteiger partial charge in [-0.2, -0.15) is 5.10 Å². The molecule has 0 saturated carbocycles. The van der Waals surface area contributed by atoms with E-state index in [0.29, 0.717) is 12.2 Å². The van der Waals surface area contributed by atoms with Crippen molar-refractivity contribution in [3.63, 3.8) is 0 Å². The lowest BCUT2D eigenvalue weighted by Gasteiger charge is -2.07. The molecule has 0 radical (unpaired) electrons. The van der Waals surface area contributed by atoms with Crippen LogP contribution in [0.25, 0.3) is 11.0 Å². The third-order valence-corrected chi connectivity index (χ3v) is 3.45. The van der Waals surface area contributed by atoms with Crippen molar-refractivity contribution in [2.24, 2.45) is 0 Å². The van der Waals surface area contributed by atoms with Gasteiger partial charge in [0, 0.05) is 36.5 Å². The Labute approximate surface area is 128 Å². The van der Waals surface area contributed by atoms with Crippen LogP contribution in [0.3, 0.4) is 0 Å². The quantitative estimate of drug-likeness (QED) is 0.496. The molecule has 2 heterocycles. The van der Waals surface area contributed by atoms with E-state index in [4.69, 9.17) is 9.15 Å². The molecule has 0 N–H and O–H groups in total. The lowest BCUT2D eigenvalue weighted by Crippen LogP contribution is -2.01. The molecular weight excluding hydrogens is 280 g/mol. The summed E-state index contributed by atoms with van der Waals surface area (Å²) in [6, 6.07) is 10.7. The van der Waals surface area contributed by atoms with Crippen LogP contribution in [0, 0.1) is 0 Å². The fourth-order valence-electron chi connectivity index (χ4n) is 2.31. The van der Waals surface area contributed by atoms with E-state index in [1.54, 1.807) is 18.3 Å². The number of nitrogens with zero attached hydrogens (tertiary/aromatic N) is 2. The summed E-state index contributed by atoms with van der Waals surface area (Å²) in [5.41, 5.74) is 0.215. The van der Waals surface area contributed by atoms with E-state index in [2.05, 4.69) is 5.10 Å². The summed E-state index contributed by atoms with van der Waals surface area (Å²) in [6.45, 7) is 1.59. The van der Waals surface area contributed by atoms with Crippen molar-refractivity contribution in [3.05, 3.63) is 59.2 Å². The predicted octanol–water partition coefficient (Wildman–Crippen LogP) is 3.24. The summed E-state index contributed by atoms with van der Waals surface area (Å²) in [5, 5.41) is 5.06. The Hall–Kier alpha value is -2.56. The van der Waals surface area contributed by atoms with Crippen molar-refractivity contribution in [2.45, 2.75) is 25.8 Å². The second kappa shape index (κ2) is 6.93. The summed E-state index contributed by atoms with van der Waals surface area (Å²) in [5.74, 6) is 0.730. The fraction of sp³-hybridized carbons (Fsp3) is 0.294. The zero-order valence-electron chi connectivity index (χ0n) is 12.3. The maximum Gasteiger partial charge on any atom is 0.336 e. The number of rotatable bonds is 7. The number of aryl methyl sites for hydroxylation is 1. The molecule has 0 spiro atoms. The van der Waals surface area contributed by atoms with Crippen molar-refractivity contribution in [3.8, 4) is 5.75 Å². The minimum Gasteiger partial charge on any atom is -0.493 e. The molecule has 5 nitrogen and oxygen atoms in total. The second-order valence-electron chi connectivity index (χ2n) is 5.13. The first-order valence-electron chi connectivity index (χ1n) is 7.45. The van der Waals surface area contributed by atoms with Crippen LogP contribution >= 0.6 is 0 Å². The molecule has 0 aliphatic heterocycles. The molecule has 5 heteroatoms. The maximum absolute atomic E-state index is 11.2. The zero-order chi connectivity index (χ0) is 15.2. The molecule has 3 aromatic rings. The molecule has 3 rings (SSSR count). The molecule has 2 aromatic heterocycles. The number of hydrogen-bond acceptors (Lipinski definition) is 4. The highest BCUT2D eigenvalue weighted by Gasteiger charge is 2.00. The monoisotopic (exact) mass is 298 g/mol. The number of aromatic nitrogens is 2. The first kappa shape index (κ1) is 14.4. The summed E-state index contributed by atoms with van der Waals surface area (Å²) in [4.78, 5) is 11.2. The first-order chi connectivity index (χ1) is 10.8. The smallest absolute Gasteiger partial charge is 0.336 e. The largest absolute Gasteiger partial charge is 0.493 e. The van der Waals surface area contributed by atoms with E-state index in [-0.39, 0.29) is 5.63 Å². The SMILES string of the molecule is O=c1ccc2ccc(OCCCCCn3cccn3)cc2o1. The lowest BCUT2D eigenvalue weighted by atomic mass is 10.2. The molecule has 22 heavy (non-hydrogen) atoms. The van der Waals surface area contributed by atoms with E-state index in [0.717, 1.165) is 36.9 Å². The average Bonchev–Trinajstić information content (AvgIpc) is 3.03. The van der Waals surface area contributed by atoms with E-state index >= 15 is 0 Å². The van der Waals surface area contributed by atoms with Crippen molar-refractivity contribution in [2.75, 3.05) is 6.61 Å². The van der Waals surface area contributed by atoms with Crippen molar-refractivity contribution in [1.82, 2.24) is 9.78 Å². The first-order valence-corrected chi connectivity index (χ1v) is 7.45. The normalized spacial score (nSPS) is 10.9. The Morgan fingerprint density at radius 1 is 1.14 bits per heavy atom. The van der Waals surface area contributed by atoms with Crippen molar-refractivity contribution < 1.29 is 9.15 Å². The van der Waals surface area contributed by atoms with Crippen LogP contribution < -0.4 is 10.4 Å². The van der Waals surface area contributed by atoms with Gasteiger partial charge >= 0.3 is 5.63 Å². The molecule has 0 saturated heterocycles. The molecular formula is C17H18N2O3. The van der Waals surface area contributed by atoms with Gasteiger partial charge in [-0.1, -0.05) is 0 Å². The second-order valence-corrected chi connectivity index (χ2v) is 5.13. The van der Waals surface area contributed by atoms with Gasteiger partial charge in [0.15, 0.2) is 0 Å². The van der Waals surface area contributed by atoms with Crippen LogP contribution in [0.15, 0.2) is 58.0 Å². The molecule has 0 bridgehead atoms. The van der Waals surface area contributed by atoms with E-state index in [1.165, 1.54) is 6.07 Å². The van der Waals surface area contributed by atoms with Crippen LogP contribution in [0.1, 0.15) is 19.3 Å². The number of hydrogen-bond donors (Lipinski definition) is 0. The van der Waals surface area contributed by atoms with Crippen molar-refractivity contribution >= 4 is 11.0 Å². The molecule has 0 fully saturated rings. The van der Waals surface area contributed by atoms with E-state index in [9.17, 15) is 4.79 Å². The molecule has 1 aromatic carbocycles. The standard InChI is InChI=1S/C17H18N2O3/c20-17-8-6-14-5-7-15(13-16(14)22-17)21-12-3-1-2-10-19-11-4-9-18-19/h4-9,11,13H,1-3,10,12H2. The molecule has 0 unspecified atom stereocenters. The van der Waals surface area contributed by atoms with Crippen LogP contribution in [0.2, 0.25) is 0 Å². The fourth-order valence-corrected chi connectivity index (χ4v) is 2.31. The molecule has 0 amide bonds. The Kier molecular flexibility index (Phi) is 4.53. The number of unbranched alkanes of at least 4 members (excludes halogenated alkanes) is 2. The Morgan fingerprint density at radius 2 is 2.05 bits per heavy atom. The van der Waals surface area contributed by atoms with Crippen LogP contribution in [0.5, 0.6) is 5.75 Å². The zero-order valence-corrected chi connectivity index (χ0v) is 12.3. The lowest BCUT2D eigenvalue weighted by molar-refractivity contribution is 0.303. The minimum absolute atomic E-state index is 0.344. The van der Waals surface area contributed by atoms with Gasteiger partial charge in [0.25, 0.3) is 0 Å². The van der Waals surface area contributed by atoms with Crippen LogP contribution in [-0.4, -0.2) is 16.4 Å².